The predicted molar refractivity (Wildman–Crippen MR) is 103 cm³/mol. The van der Waals surface area contributed by atoms with Gasteiger partial charge in [0.1, 0.15) is 0 Å². The third-order valence-corrected chi connectivity index (χ3v) is 5.22. The molecule has 0 radical (unpaired) electrons. The van der Waals surface area contributed by atoms with E-state index in [0.717, 1.165) is 24.5 Å². The summed E-state index contributed by atoms with van der Waals surface area (Å²) >= 11 is 0. The van der Waals surface area contributed by atoms with Crippen LogP contribution < -0.4 is 10.6 Å². The summed E-state index contributed by atoms with van der Waals surface area (Å²) in [6, 6.07) is 4.91. The quantitative estimate of drug-likeness (QED) is 0.893. The Hall–Kier alpha value is -2.20. The van der Waals surface area contributed by atoms with Crippen LogP contribution >= 0.6 is 0 Å². The molecule has 0 spiro atoms. The summed E-state index contributed by atoms with van der Waals surface area (Å²) in [5, 5.41) is 7.27. The van der Waals surface area contributed by atoms with Crippen molar-refractivity contribution in [3.8, 4) is 0 Å². The van der Waals surface area contributed by atoms with Gasteiger partial charge in [-0.3, -0.25) is 9.98 Å². The fourth-order valence-electron chi connectivity index (χ4n) is 4.00. The molecule has 130 valence electrons. The van der Waals surface area contributed by atoms with Gasteiger partial charge in [0.2, 0.25) is 0 Å². The molecule has 1 aliphatic carbocycles. The van der Waals surface area contributed by atoms with Crippen LogP contribution in [-0.2, 0) is 0 Å². The second kappa shape index (κ2) is 6.96. The van der Waals surface area contributed by atoms with Gasteiger partial charge in [0.15, 0.2) is 0 Å². The molecular formula is C21H26N4. The third-order valence-electron chi connectivity index (χ3n) is 5.22. The molecule has 1 aromatic heterocycles. The first-order chi connectivity index (χ1) is 12.2. The monoisotopic (exact) mass is 334 g/mol. The number of hydrogen-bond acceptors (Lipinski definition) is 4. The Morgan fingerprint density at radius 2 is 1.88 bits per heavy atom. The van der Waals surface area contributed by atoms with Gasteiger partial charge in [-0.2, -0.15) is 0 Å². The molecule has 1 aromatic rings. The van der Waals surface area contributed by atoms with Gasteiger partial charge in [-0.15, -0.1) is 0 Å². The molecule has 3 heterocycles. The Balaban J connectivity index is 1.67. The van der Waals surface area contributed by atoms with Gasteiger partial charge >= 0.3 is 0 Å². The van der Waals surface area contributed by atoms with E-state index in [9.17, 15) is 0 Å². The lowest BCUT2D eigenvalue weighted by Gasteiger charge is -2.33. The highest BCUT2D eigenvalue weighted by molar-refractivity contribution is 5.81. The molecule has 2 atom stereocenters. The van der Waals surface area contributed by atoms with Crippen molar-refractivity contribution in [3.05, 3.63) is 59.2 Å². The molecule has 0 bridgehead atoms. The minimum atomic E-state index is 0.327. The summed E-state index contributed by atoms with van der Waals surface area (Å²) in [6.45, 7) is 6.32. The number of aromatic nitrogens is 1. The van der Waals surface area contributed by atoms with Gasteiger partial charge in [-0.1, -0.05) is 12.2 Å². The minimum Gasteiger partial charge on any atom is -0.385 e. The zero-order valence-corrected chi connectivity index (χ0v) is 15.0. The lowest BCUT2D eigenvalue weighted by atomic mass is 9.80. The van der Waals surface area contributed by atoms with Crippen molar-refractivity contribution in [1.82, 2.24) is 15.6 Å². The van der Waals surface area contributed by atoms with Crippen molar-refractivity contribution in [1.29, 1.82) is 0 Å². The number of piperidine rings is 1. The summed E-state index contributed by atoms with van der Waals surface area (Å²) in [4.78, 5) is 8.91. The number of hydrogen-bond donors (Lipinski definition) is 2. The molecule has 2 aliphatic heterocycles. The molecule has 4 nitrogen and oxygen atoms in total. The predicted octanol–water partition coefficient (Wildman–Crippen LogP) is 3.15. The Kier molecular flexibility index (Phi) is 4.53. The lowest BCUT2D eigenvalue weighted by Crippen LogP contribution is -2.42. The van der Waals surface area contributed by atoms with Crippen LogP contribution in [-0.4, -0.2) is 30.3 Å². The Bertz CT molecular complexity index is 746. The molecule has 0 saturated carbocycles. The summed E-state index contributed by atoms with van der Waals surface area (Å²) in [7, 11) is 0. The number of allylic oxidation sites excluding steroid dienone is 5. The maximum absolute atomic E-state index is 4.52. The standard InChI is InChI=1S/C21H26N4/c1-14-9-17(10-15(2)24-14)18-11-16-3-6-23-13-20(16)21(12-18)25-19-4-7-22-8-5-19/h3,6,9-13,16,19-20,22,25H,4-5,7-8H2,1-2H3. The third kappa shape index (κ3) is 3.59. The summed E-state index contributed by atoms with van der Waals surface area (Å²) in [5.74, 6) is 0.697. The number of nitrogens with zero attached hydrogens (tertiary/aromatic N) is 2. The first-order valence-corrected chi connectivity index (χ1v) is 9.25. The number of aryl methyl sites for hydroxylation is 2. The maximum Gasteiger partial charge on any atom is 0.0439 e. The van der Waals surface area contributed by atoms with Gasteiger partial charge in [0, 0.05) is 47.4 Å². The van der Waals surface area contributed by atoms with Gasteiger partial charge in [-0.05, 0) is 69.1 Å². The molecule has 25 heavy (non-hydrogen) atoms. The minimum absolute atomic E-state index is 0.327. The second-order valence-corrected chi connectivity index (χ2v) is 7.27. The largest absolute Gasteiger partial charge is 0.385 e. The highest BCUT2D eigenvalue weighted by Gasteiger charge is 2.28. The first-order valence-electron chi connectivity index (χ1n) is 9.25. The van der Waals surface area contributed by atoms with E-state index in [1.54, 1.807) is 0 Å². The second-order valence-electron chi connectivity index (χ2n) is 7.27. The maximum atomic E-state index is 4.52. The number of nitrogens with one attached hydrogen (secondary N) is 2. The Labute approximate surface area is 149 Å². The Morgan fingerprint density at radius 1 is 1.12 bits per heavy atom. The van der Waals surface area contributed by atoms with Crippen molar-refractivity contribution in [3.63, 3.8) is 0 Å². The van der Waals surface area contributed by atoms with Crippen molar-refractivity contribution < 1.29 is 0 Å². The molecule has 0 aromatic carbocycles. The normalized spacial score (nSPS) is 26.0. The van der Waals surface area contributed by atoms with Crippen molar-refractivity contribution in [2.45, 2.75) is 32.7 Å². The summed E-state index contributed by atoms with van der Waals surface area (Å²) in [6.07, 6.45) is 13.3. The fourth-order valence-corrected chi connectivity index (χ4v) is 4.00. The molecule has 2 unspecified atom stereocenters. The fraction of sp³-hybridized carbons (Fsp3) is 0.429. The molecule has 1 fully saturated rings. The van der Waals surface area contributed by atoms with Crippen LogP contribution in [0.1, 0.15) is 29.8 Å². The highest BCUT2D eigenvalue weighted by atomic mass is 15.0. The van der Waals surface area contributed by atoms with Crippen LogP contribution in [0.25, 0.3) is 5.57 Å². The molecule has 3 aliphatic rings. The van der Waals surface area contributed by atoms with Gasteiger partial charge in [-0.25, -0.2) is 0 Å². The number of rotatable bonds is 3. The van der Waals surface area contributed by atoms with Crippen LogP contribution in [0.3, 0.4) is 0 Å². The molecule has 4 rings (SSSR count). The number of fused-ring (bicyclic) bond motifs is 1. The Morgan fingerprint density at radius 3 is 2.64 bits per heavy atom. The van der Waals surface area contributed by atoms with Crippen LogP contribution in [0.4, 0.5) is 0 Å². The van der Waals surface area contributed by atoms with Crippen LogP contribution in [0.2, 0.25) is 0 Å². The van der Waals surface area contributed by atoms with Gasteiger partial charge in [0.25, 0.3) is 0 Å². The smallest absolute Gasteiger partial charge is 0.0439 e. The number of pyridine rings is 1. The van der Waals surface area contributed by atoms with E-state index in [-0.39, 0.29) is 0 Å². The van der Waals surface area contributed by atoms with E-state index in [4.69, 9.17) is 0 Å². The zero-order valence-electron chi connectivity index (χ0n) is 15.0. The van der Waals surface area contributed by atoms with E-state index in [1.807, 2.05) is 6.20 Å². The number of aliphatic imine (C=N–C) groups is 1. The van der Waals surface area contributed by atoms with Crippen LogP contribution in [0.5, 0.6) is 0 Å². The lowest BCUT2D eigenvalue weighted by molar-refractivity contribution is 0.398. The molecule has 1 saturated heterocycles. The zero-order chi connectivity index (χ0) is 17.2. The van der Waals surface area contributed by atoms with Crippen molar-refractivity contribution >= 4 is 11.8 Å². The molecule has 2 N–H and O–H groups in total. The van der Waals surface area contributed by atoms with Gasteiger partial charge < -0.3 is 10.6 Å². The topological polar surface area (TPSA) is 49.3 Å². The van der Waals surface area contributed by atoms with E-state index in [1.165, 1.54) is 29.7 Å². The van der Waals surface area contributed by atoms with Crippen LogP contribution in [0.15, 0.2) is 47.3 Å². The van der Waals surface area contributed by atoms with E-state index >= 15 is 0 Å². The summed E-state index contributed by atoms with van der Waals surface area (Å²) in [5.41, 5.74) is 5.98. The van der Waals surface area contributed by atoms with E-state index in [0.29, 0.717) is 17.9 Å². The average molecular weight is 334 g/mol. The van der Waals surface area contributed by atoms with Crippen molar-refractivity contribution in [2.24, 2.45) is 16.8 Å². The molecular weight excluding hydrogens is 308 g/mol. The molecule has 4 heteroatoms. The average Bonchev–Trinajstić information content (AvgIpc) is 2.62. The van der Waals surface area contributed by atoms with E-state index in [2.05, 4.69) is 71.0 Å². The SMILES string of the molecule is Cc1cc(C2=CC3C=CN=CC3C(NC3CCNCC3)=C2)cc(C)n1. The van der Waals surface area contributed by atoms with Gasteiger partial charge in [0.05, 0.1) is 0 Å². The molecule has 0 amide bonds. The van der Waals surface area contributed by atoms with E-state index < -0.39 is 0 Å². The van der Waals surface area contributed by atoms with Crippen LogP contribution in [0, 0.1) is 25.7 Å². The van der Waals surface area contributed by atoms with Crippen molar-refractivity contribution in [2.75, 3.05) is 13.1 Å². The highest BCUT2D eigenvalue weighted by Crippen LogP contribution is 2.34. The first kappa shape index (κ1) is 16.3. The summed E-state index contributed by atoms with van der Waals surface area (Å²) < 4.78 is 0.